The molecule has 4 aliphatic rings. The van der Waals surface area contributed by atoms with Crippen LogP contribution in [0.25, 0.3) is 6.08 Å². The van der Waals surface area contributed by atoms with Crippen LogP contribution in [0.1, 0.15) is 75.9 Å². The van der Waals surface area contributed by atoms with E-state index >= 15 is 0 Å². The van der Waals surface area contributed by atoms with Crippen LogP contribution in [-0.4, -0.2) is 44.0 Å². The average Bonchev–Trinajstić information content (AvgIpc) is 2.91. The summed E-state index contributed by atoms with van der Waals surface area (Å²) in [5, 5.41) is 9.14. The first kappa shape index (κ1) is 27.2. The van der Waals surface area contributed by atoms with E-state index in [1.165, 1.54) is 31.4 Å². The highest BCUT2D eigenvalue weighted by molar-refractivity contribution is 6.08. The van der Waals surface area contributed by atoms with Crippen LogP contribution in [-0.2, 0) is 21.3 Å². The lowest BCUT2D eigenvalue weighted by Gasteiger charge is -2.57. The third-order valence-electron chi connectivity index (χ3n) is 8.69. The fourth-order valence-corrected chi connectivity index (χ4v) is 7.39. The standard InChI is InChI=1S/C33H36O6/c1-3-4-27-16-31(39-21-38-12-11-37-2)29(33-18-23-13-24(19-33)15-25(14-23)20-33)17-28(27)30(34)10-7-22-5-8-26(9-6-22)32(35)36/h1,5-10,16-17,23-25H,4,11-15,18-21H2,2H3,(H,35,36)/b10-7+. The zero-order valence-electron chi connectivity index (χ0n) is 22.5. The Bertz CT molecular complexity index is 1250. The summed E-state index contributed by atoms with van der Waals surface area (Å²) in [5.74, 6) is 4.57. The molecule has 0 atom stereocenters. The minimum absolute atomic E-state index is 0.0106. The van der Waals surface area contributed by atoms with Crippen LogP contribution in [0.15, 0.2) is 42.5 Å². The van der Waals surface area contributed by atoms with Gasteiger partial charge < -0.3 is 19.3 Å². The van der Waals surface area contributed by atoms with Gasteiger partial charge in [0.15, 0.2) is 12.6 Å². The van der Waals surface area contributed by atoms with Gasteiger partial charge in [0.2, 0.25) is 0 Å². The first-order valence-corrected chi connectivity index (χ1v) is 13.8. The summed E-state index contributed by atoms with van der Waals surface area (Å²) in [7, 11) is 1.64. The van der Waals surface area contributed by atoms with Gasteiger partial charge in [-0.3, -0.25) is 4.79 Å². The summed E-state index contributed by atoms with van der Waals surface area (Å²) in [5.41, 5.74) is 3.44. The second-order valence-electron chi connectivity index (χ2n) is 11.4. The molecule has 6 heteroatoms. The number of aromatic carboxylic acids is 1. The molecule has 0 aliphatic heterocycles. The number of allylic oxidation sites excluding steroid dienone is 1. The van der Waals surface area contributed by atoms with Crippen molar-refractivity contribution in [3.8, 4) is 18.1 Å². The molecule has 4 bridgehead atoms. The highest BCUT2D eigenvalue weighted by Crippen LogP contribution is 2.62. The molecule has 4 fully saturated rings. The highest BCUT2D eigenvalue weighted by atomic mass is 16.7. The Kier molecular flexibility index (Phi) is 8.20. The molecule has 0 unspecified atom stereocenters. The SMILES string of the molecule is C#CCc1cc(OCOCCOC)c(C23CC4CC(CC(C4)C2)C3)cc1C(=O)/C=C/c1ccc(C(=O)O)cc1. The summed E-state index contributed by atoms with van der Waals surface area (Å²) in [6.45, 7) is 1.04. The third kappa shape index (κ3) is 5.95. The number of carbonyl (C=O) groups is 2. The van der Waals surface area contributed by atoms with Crippen molar-refractivity contribution in [1.82, 2.24) is 0 Å². The molecule has 1 N–H and O–H groups in total. The van der Waals surface area contributed by atoms with Gasteiger partial charge in [0.05, 0.1) is 18.8 Å². The number of carbonyl (C=O) groups excluding carboxylic acids is 1. The molecule has 0 amide bonds. The molecule has 6 nitrogen and oxygen atoms in total. The number of carboxylic acids is 1. The number of benzene rings is 2. The van der Waals surface area contributed by atoms with E-state index in [1.54, 1.807) is 31.4 Å². The second-order valence-corrected chi connectivity index (χ2v) is 11.4. The summed E-state index contributed by atoms with van der Waals surface area (Å²) in [6.07, 6.45) is 16.6. The average molecular weight is 529 g/mol. The number of terminal acetylenes is 1. The van der Waals surface area contributed by atoms with Crippen molar-refractivity contribution in [2.75, 3.05) is 27.1 Å². The fourth-order valence-electron chi connectivity index (χ4n) is 7.39. The van der Waals surface area contributed by atoms with Gasteiger partial charge in [-0.05, 0) is 103 Å². The maximum atomic E-state index is 13.6. The summed E-state index contributed by atoms with van der Waals surface area (Å²) in [6, 6.07) is 10.4. The monoisotopic (exact) mass is 528 g/mol. The second kappa shape index (κ2) is 11.8. The molecule has 0 radical (unpaired) electrons. The Hall–Kier alpha value is -3.40. The molecule has 204 valence electrons. The Morgan fingerprint density at radius 2 is 1.72 bits per heavy atom. The van der Waals surface area contributed by atoms with Crippen molar-refractivity contribution < 1.29 is 28.9 Å². The first-order chi connectivity index (χ1) is 18.9. The largest absolute Gasteiger partial charge is 0.478 e. The van der Waals surface area contributed by atoms with E-state index in [4.69, 9.17) is 25.7 Å². The predicted octanol–water partition coefficient (Wildman–Crippen LogP) is 5.92. The molecule has 0 saturated heterocycles. The quantitative estimate of drug-likeness (QED) is 0.121. The van der Waals surface area contributed by atoms with Crippen molar-refractivity contribution in [3.05, 3.63) is 70.3 Å². The number of carboxylic acid groups (broad SMARTS) is 1. The number of hydrogen-bond acceptors (Lipinski definition) is 5. The van der Waals surface area contributed by atoms with E-state index in [0.29, 0.717) is 25.2 Å². The van der Waals surface area contributed by atoms with Crippen LogP contribution in [0.2, 0.25) is 0 Å². The molecule has 4 saturated carbocycles. The number of ketones is 1. The predicted molar refractivity (Wildman–Crippen MR) is 149 cm³/mol. The summed E-state index contributed by atoms with van der Waals surface area (Å²) in [4.78, 5) is 24.7. The number of rotatable bonds is 12. The van der Waals surface area contributed by atoms with E-state index < -0.39 is 5.97 Å². The molecule has 2 aromatic rings. The number of methoxy groups -OCH3 is 1. The van der Waals surface area contributed by atoms with Crippen molar-refractivity contribution >= 4 is 17.8 Å². The smallest absolute Gasteiger partial charge is 0.335 e. The van der Waals surface area contributed by atoms with E-state index in [-0.39, 0.29) is 23.6 Å². The minimum Gasteiger partial charge on any atom is -0.478 e. The van der Waals surface area contributed by atoms with Crippen LogP contribution in [0.4, 0.5) is 0 Å². The molecule has 39 heavy (non-hydrogen) atoms. The highest BCUT2D eigenvalue weighted by Gasteiger charge is 2.52. The zero-order chi connectivity index (χ0) is 27.4. The molecule has 4 aliphatic carbocycles. The van der Waals surface area contributed by atoms with E-state index in [9.17, 15) is 9.59 Å². The zero-order valence-corrected chi connectivity index (χ0v) is 22.5. The maximum absolute atomic E-state index is 13.6. The summed E-state index contributed by atoms with van der Waals surface area (Å²) < 4.78 is 16.9. The summed E-state index contributed by atoms with van der Waals surface area (Å²) >= 11 is 0. The third-order valence-corrected chi connectivity index (χ3v) is 8.69. The van der Waals surface area contributed by atoms with Crippen LogP contribution >= 0.6 is 0 Å². The molecule has 2 aromatic carbocycles. The Labute approximate surface area is 230 Å². The van der Waals surface area contributed by atoms with Crippen LogP contribution in [0, 0.1) is 30.1 Å². The Morgan fingerprint density at radius 1 is 1.05 bits per heavy atom. The fraction of sp³-hybridized carbons (Fsp3) is 0.455. The lowest BCUT2D eigenvalue weighted by Crippen LogP contribution is -2.48. The lowest BCUT2D eigenvalue weighted by atomic mass is 9.48. The van der Waals surface area contributed by atoms with Gasteiger partial charge in [-0.25, -0.2) is 4.79 Å². The van der Waals surface area contributed by atoms with Gasteiger partial charge in [0.25, 0.3) is 0 Å². The Balaban J connectivity index is 1.48. The van der Waals surface area contributed by atoms with Gasteiger partial charge in [0, 0.05) is 24.7 Å². The van der Waals surface area contributed by atoms with E-state index in [2.05, 4.69) is 5.92 Å². The normalized spacial score (nSPS) is 25.1. The van der Waals surface area contributed by atoms with Crippen molar-refractivity contribution in [1.29, 1.82) is 0 Å². The molecule has 0 aromatic heterocycles. The first-order valence-electron chi connectivity index (χ1n) is 13.8. The van der Waals surface area contributed by atoms with Crippen LogP contribution in [0.3, 0.4) is 0 Å². The molecule has 6 rings (SSSR count). The van der Waals surface area contributed by atoms with Gasteiger partial charge in [-0.1, -0.05) is 18.2 Å². The number of ether oxygens (including phenoxy) is 3. The van der Waals surface area contributed by atoms with Crippen molar-refractivity contribution in [2.45, 2.75) is 50.4 Å². The maximum Gasteiger partial charge on any atom is 0.335 e. The van der Waals surface area contributed by atoms with E-state index in [0.717, 1.165) is 59.5 Å². The lowest BCUT2D eigenvalue weighted by molar-refractivity contribution is -0.0190. The van der Waals surface area contributed by atoms with Gasteiger partial charge >= 0.3 is 5.97 Å². The van der Waals surface area contributed by atoms with E-state index in [1.807, 2.05) is 12.1 Å². The van der Waals surface area contributed by atoms with Crippen molar-refractivity contribution in [2.24, 2.45) is 17.8 Å². The van der Waals surface area contributed by atoms with Gasteiger partial charge in [0.1, 0.15) is 5.75 Å². The van der Waals surface area contributed by atoms with Gasteiger partial charge in [-0.2, -0.15) is 0 Å². The number of hydrogen-bond donors (Lipinski definition) is 1. The molecular weight excluding hydrogens is 492 g/mol. The van der Waals surface area contributed by atoms with Crippen LogP contribution in [0.5, 0.6) is 5.75 Å². The molecule has 0 spiro atoms. The Morgan fingerprint density at radius 3 is 2.31 bits per heavy atom. The molecule has 0 heterocycles. The minimum atomic E-state index is -0.982. The molecular formula is C33H36O6. The van der Waals surface area contributed by atoms with Gasteiger partial charge in [-0.15, -0.1) is 12.3 Å². The topological polar surface area (TPSA) is 82.1 Å². The van der Waals surface area contributed by atoms with Crippen molar-refractivity contribution in [3.63, 3.8) is 0 Å². The van der Waals surface area contributed by atoms with Crippen LogP contribution < -0.4 is 4.74 Å².